The Morgan fingerprint density at radius 1 is 1.56 bits per heavy atom. The Labute approximate surface area is 109 Å². The average Bonchev–Trinajstić information content (AvgIpc) is 2.62. The quantitative estimate of drug-likeness (QED) is 0.885. The predicted octanol–water partition coefficient (Wildman–Crippen LogP) is 1.78. The molecule has 0 radical (unpaired) electrons. The highest BCUT2D eigenvalue weighted by Gasteiger charge is 2.40. The third kappa shape index (κ3) is 2.65. The lowest BCUT2D eigenvalue weighted by Gasteiger charge is -2.22. The number of likely N-dealkylation sites (tertiary alicyclic amines) is 1. The molecule has 1 aromatic rings. The number of β-amino-alcohol motifs (C(OH)–C–C–N with tert-alkyl or cyclic N) is 1. The van der Waals surface area contributed by atoms with Crippen LogP contribution < -0.4 is 4.74 Å². The second kappa shape index (κ2) is 5.24. The van der Waals surface area contributed by atoms with Gasteiger partial charge < -0.3 is 14.7 Å². The summed E-state index contributed by atoms with van der Waals surface area (Å²) in [5, 5.41) is 10.7. The molecule has 0 bridgehead atoms. The molecule has 1 N–H and O–H groups in total. The van der Waals surface area contributed by atoms with E-state index in [9.17, 15) is 5.11 Å². The molecule has 2 heterocycles. The highest BCUT2D eigenvalue weighted by Crippen LogP contribution is 2.35. The lowest BCUT2D eigenvalue weighted by atomic mass is 9.93. The van der Waals surface area contributed by atoms with Crippen molar-refractivity contribution in [2.45, 2.75) is 38.3 Å². The van der Waals surface area contributed by atoms with Crippen molar-refractivity contribution < 1.29 is 9.84 Å². The fraction of sp³-hybridized carbons (Fsp3) is 0.643. The first-order chi connectivity index (χ1) is 8.55. The van der Waals surface area contributed by atoms with Crippen LogP contribution in [0, 0.1) is 0 Å². The highest BCUT2D eigenvalue weighted by atomic mass is 16.5. The van der Waals surface area contributed by atoms with E-state index < -0.39 is 5.60 Å². The second-order valence-electron chi connectivity index (χ2n) is 5.26. The summed E-state index contributed by atoms with van der Waals surface area (Å²) in [6, 6.07) is 2.30. The van der Waals surface area contributed by atoms with Crippen LogP contribution >= 0.6 is 0 Å². The first-order valence-corrected chi connectivity index (χ1v) is 6.56. The number of aromatic nitrogens is 1. The van der Waals surface area contributed by atoms with Crippen molar-refractivity contribution in [2.75, 3.05) is 20.2 Å². The van der Waals surface area contributed by atoms with E-state index in [-0.39, 0.29) is 0 Å². The Kier molecular flexibility index (Phi) is 3.88. The topological polar surface area (TPSA) is 45.6 Å². The summed E-state index contributed by atoms with van der Waals surface area (Å²) in [5.41, 5.74) is 0.0551. The lowest BCUT2D eigenvalue weighted by molar-refractivity contribution is 0.0479. The molecule has 18 heavy (non-hydrogen) atoms. The van der Waals surface area contributed by atoms with E-state index in [1.165, 1.54) is 0 Å². The maximum absolute atomic E-state index is 10.7. The minimum absolute atomic E-state index is 0.384. The number of rotatable bonds is 4. The van der Waals surface area contributed by atoms with Crippen LogP contribution in [-0.2, 0) is 5.60 Å². The molecule has 1 aromatic heterocycles. The Hall–Kier alpha value is -1.13. The fourth-order valence-corrected chi connectivity index (χ4v) is 2.46. The smallest absolute Gasteiger partial charge is 0.137 e. The maximum atomic E-state index is 10.7. The van der Waals surface area contributed by atoms with Gasteiger partial charge >= 0.3 is 0 Å². The van der Waals surface area contributed by atoms with Gasteiger partial charge in [-0.05, 0) is 32.9 Å². The number of likely N-dealkylation sites (N-methyl/N-ethyl adjacent to an activating group) is 1. The summed E-state index contributed by atoms with van der Waals surface area (Å²) in [6.07, 6.45) is 5.14. The molecule has 1 fully saturated rings. The minimum Gasteiger partial charge on any atom is -0.492 e. The van der Waals surface area contributed by atoms with Gasteiger partial charge in [-0.25, -0.2) is 0 Å². The third-order valence-electron chi connectivity index (χ3n) is 3.62. The largest absolute Gasteiger partial charge is 0.492 e. The SMILES string of the molecule is CCCOc1cncc(C2(O)CC(C)N(C)C2)c1. The molecule has 1 aliphatic heterocycles. The zero-order chi connectivity index (χ0) is 13.2. The number of hydrogen-bond donors (Lipinski definition) is 1. The third-order valence-corrected chi connectivity index (χ3v) is 3.62. The van der Waals surface area contributed by atoms with Gasteiger partial charge in [0.15, 0.2) is 0 Å². The Balaban J connectivity index is 2.18. The van der Waals surface area contributed by atoms with Gasteiger partial charge in [-0.3, -0.25) is 4.98 Å². The molecule has 0 spiro atoms. The highest BCUT2D eigenvalue weighted by molar-refractivity contribution is 5.29. The van der Waals surface area contributed by atoms with Gasteiger partial charge in [0.1, 0.15) is 11.4 Å². The lowest BCUT2D eigenvalue weighted by Crippen LogP contribution is -2.29. The molecule has 2 rings (SSSR count). The van der Waals surface area contributed by atoms with Crippen LogP contribution in [-0.4, -0.2) is 41.2 Å². The minimum atomic E-state index is -0.799. The average molecular weight is 250 g/mol. The first-order valence-electron chi connectivity index (χ1n) is 6.56. The molecule has 0 saturated carbocycles. The first kappa shape index (κ1) is 13.3. The van der Waals surface area contributed by atoms with Crippen LogP contribution in [0.1, 0.15) is 32.3 Å². The van der Waals surface area contributed by atoms with E-state index in [0.717, 1.165) is 24.2 Å². The monoisotopic (exact) mass is 250 g/mol. The number of pyridine rings is 1. The molecule has 100 valence electrons. The number of ether oxygens (including phenoxy) is 1. The molecule has 2 atom stereocenters. The molecule has 4 nitrogen and oxygen atoms in total. The summed E-state index contributed by atoms with van der Waals surface area (Å²) < 4.78 is 5.57. The Morgan fingerprint density at radius 3 is 2.94 bits per heavy atom. The van der Waals surface area contributed by atoms with Crippen molar-refractivity contribution in [1.82, 2.24) is 9.88 Å². The van der Waals surface area contributed by atoms with Gasteiger partial charge in [0, 0.05) is 24.3 Å². The molecule has 1 aliphatic rings. The number of nitrogens with zero attached hydrogens (tertiary/aromatic N) is 2. The normalized spacial score (nSPS) is 28.6. The van der Waals surface area contributed by atoms with E-state index >= 15 is 0 Å². The standard InChI is InChI=1S/C14H22N2O2/c1-4-5-18-13-6-12(8-15-9-13)14(17)7-11(2)16(3)10-14/h6,8-9,11,17H,4-5,7,10H2,1-3H3. The van der Waals surface area contributed by atoms with Gasteiger partial charge in [0.2, 0.25) is 0 Å². The summed E-state index contributed by atoms with van der Waals surface area (Å²) in [4.78, 5) is 6.34. The van der Waals surface area contributed by atoms with Crippen molar-refractivity contribution in [3.05, 3.63) is 24.0 Å². The van der Waals surface area contributed by atoms with E-state index in [1.54, 1.807) is 12.4 Å². The summed E-state index contributed by atoms with van der Waals surface area (Å²) in [5.74, 6) is 0.741. The molecular weight excluding hydrogens is 228 g/mol. The predicted molar refractivity (Wildman–Crippen MR) is 70.6 cm³/mol. The molecule has 4 heteroatoms. The Bertz CT molecular complexity index is 399. The van der Waals surface area contributed by atoms with Crippen LogP contribution in [0.3, 0.4) is 0 Å². The molecule has 1 saturated heterocycles. The Morgan fingerprint density at radius 2 is 2.33 bits per heavy atom. The summed E-state index contributed by atoms with van der Waals surface area (Å²) >= 11 is 0. The second-order valence-corrected chi connectivity index (χ2v) is 5.26. The van der Waals surface area contributed by atoms with Gasteiger partial charge in [0.05, 0.1) is 12.8 Å². The molecule has 2 unspecified atom stereocenters. The van der Waals surface area contributed by atoms with Gasteiger partial charge in [0.25, 0.3) is 0 Å². The van der Waals surface area contributed by atoms with E-state index in [2.05, 4.69) is 23.7 Å². The van der Waals surface area contributed by atoms with Crippen molar-refractivity contribution in [2.24, 2.45) is 0 Å². The summed E-state index contributed by atoms with van der Waals surface area (Å²) in [6.45, 7) is 5.52. The van der Waals surface area contributed by atoms with Gasteiger partial charge in [-0.15, -0.1) is 0 Å². The van der Waals surface area contributed by atoms with E-state index in [0.29, 0.717) is 19.2 Å². The van der Waals surface area contributed by atoms with Crippen molar-refractivity contribution in [3.8, 4) is 5.75 Å². The maximum Gasteiger partial charge on any atom is 0.137 e. The van der Waals surface area contributed by atoms with Crippen molar-refractivity contribution in [3.63, 3.8) is 0 Å². The number of hydrogen-bond acceptors (Lipinski definition) is 4. The molecule has 0 amide bonds. The van der Waals surface area contributed by atoms with Crippen molar-refractivity contribution >= 4 is 0 Å². The zero-order valence-electron chi connectivity index (χ0n) is 11.4. The van der Waals surface area contributed by atoms with Crippen LogP contribution in [0.4, 0.5) is 0 Å². The number of aliphatic hydroxyl groups is 1. The van der Waals surface area contributed by atoms with E-state index in [4.69, 9.17) is 4.74 Å². The molecule has 0 aromatic carbocycles. The van der Waals surface area contributed by atoms with Crippen molar-refractivity contribution in [1.29, 1.82) is 0 Å². The van der Waals surface area contributed by atoms with Crippen LogP contribution in [0.25, 0.3) is 0 Å². The zero-order valence-corrected chi connectivity index (χ0v) is 11.4. The van der Waals surface area contributed by atoms with Crippen LogP contribution in [0.2, 0.25) is 0 Å². The fourth-order valence-electron chi connectivity index (χ4n) is 2.46. The van der Waals surface area contributed by atoms with Crippen LogP contribution in [0.5, 0.6) is 5.75 Å². The van der Waals surface area contributed by atoms with Gasteiger partial charge in [-0.1, -0.05) is 6.92 Å². The van der Waals surface area contributed by atoms with Gasteiger partial charge in [-0.2, -0.15) is 0 Å². The van der Waals surface area contributed by atoms with E-state index in [1.807, 2.05) is 13.1 Å². The van der Waals surface area contributed by atoms with Crippen LogP contribution in [0.15, 0.2) is 18.5 Å². The molecular formula is C14H22N2O2. The molecule has 0 aliphatic carbocycles. The summed E-state index contributed by atoms with van der Waals surface area (Å²) in [7, 11) is 2.04.